The van der Waals surface area contributed by atoms with E-state index in [1.54, 1.807) is 13.8 Å². The third-order valence-electron chi connectivity index (χ3n) is 2.41. The molecule has 0 radical (unpaired) electrons. The molecule has 1 aliphatic rings. The number of hydrogen-bond donors (Lipinski definition) is 1. The molecule has 0 saturated heterocycles. The molecule has 0 fully saturated rings. The van der Waals surface area contributed by atoms with Gasteiger partial charge in [-0.2, -0.15) is 0 Å². The summed E-state index contributed by atoms with van der Waals surface area (Å²) in [5.41, 5.74) is 0. The van der Waals surface area contributed by atoms with Gasteiger partial charge in [-0.3, -0.25) is 0 Å². The van der Waals surface area contributed by atoms with Gasteiger partial charge in [0.05, 0.1) is 0 Å². The van der Waals surface area contributed by atoms with Crippen molar-refractivity contribution < 1.29 is 19.1 Å². The van der Waals surface area contributed by atoms with Crippen LogP contribution in [-0.4, -0.2) is 11.2 Å². The van der Waals surface area contributed by atoms with Gasteiger partial charge >= 0.3 is 68.7 Å². The molecule has 15 heavy (non-hydrogen) atoms. The zero-order chi connectivity index (χ0) is 12.4. The predicted molar refractivity (Wildman–Crippen MR) is 68.7 cm³/mol. The van der Waals surface area contributed by atoms with Crippen LogP contribution in [0, 0.1) is 0 Å². The van der Waals surface area contributed by atoms with Crippen molar-refractivity contribution in [1.82, 2.24) is 0 Å². The normalized spacial score (nSPS) is 20.9. The van der Waals surface area contributed by atoms with Crippen molar-refractivity contribution in [3.63, 3.8) is 0 Å². The zero-order valence-electron chi connectivity index (χ0n) is 11.4. The van der Waals surface area contributed by atoms with Crippen LogP contribution < -0.4 is 0 Å². The molecule has 0 atom stereocenters. The van der Waals surface area contributed by atoms with Crippen LogP contribution in [-0.2, 0) is 14.0 Å². The molecule has 0 aromatic heterocycles. The van der Waals surface area contributed by atoms with E-state index < -0.39 is 14.0 Å². The first-order valence-corrected chi connectivity index (χ1v) is 14.6. The van der Waals surface area contributed by atoms with E-state index in [2.05, 4.69) is 50.4 Å². The number of rotatable bonds is 1. The molecular weight excluding hydrogens is 220 g/mol. The fraction of sp³-hybridized carbons (Fsp3) is 0.692. The van der Waals surface area contributed by atoms with E-state index in [-0.39, 0.29) is 6.10 Å². The average Bonchev–Trinajstić information content (AvgIpc) is 2.27. The molecule has 0 saturated carbocycles. The first-order valence-electron chi connectivity index (χ1n) is 5.87. The van der Waals surface area contributed by atoms with Crippen LogP contribution in [0.5, 0.6) is 0 Å². The number of aliphatic hydroxyl groups is 1. The Morgan fingerprint density at radius 3 is 1.33 bits per heavy atom. The first-order chi connectivity index (χ1) is 6.33. The fourth-order valence-electron chi connectivity index (χ4n) is 1.39. The molecule has 0 aromatic rings. The van der Waals surface area contributed by atoms with Crippen LogP contribution in [0.4, 0.5) is 0 Å². The second kappa shape index (κ2) is 3.87. The van der Waals surface area contributed by atoms with E-state index in [4.69, 9.17) is 5.11 Å². The minimum atomic E-state index is -2.58. The SMILES string of the molecule is CC(C)O.[CH3][Ti]([CH3])([CH3])([CH3])([CH3])[CH]1C=CC=C1. The van der Waals surface area contributed by atoms with Gasteiger partial charge in [0, 0.05) is 6.10 Å². The van der Waals surface area contributed by atoms with E-state index in [0.717, 1.165) is 4.22 Å². The summed E-state index contributed by atoms with van der Waals surface area (Å²) >= 11 is -2.58. The van der Waals surface area contributed by atoms with E-state index >= 15 is 0 Å². The Morgan fingerprint density at radius 2 is 1.20 bits per heavy atom. The maximum atomic E-state index is 8.06. The molecule has 1 N–H and O–H groups in total. The number of aliphatic hydroxyl groups excluding tert-OH is 1. The summed E-state index contributed by atoms with van der Waals surface area (Å²) < 4.78 is 0.731. The van der Waals surface area contributed by atoms with Crippen molar-refractivity contribution in [2.24, 2.45) is 0 Å². The molecule has 1 aliphatic carbocycles. The zero-order valence-corrected chi connectivity index (χ0v) is 13.0. The summed E-state index contributed by atoms with van der Waals surface area (Å²) in [6.45, 7) is 3.44. The topological polar surface area (TPSA) is 20.2 Å². The van der Waals surface area contributed by atoms with Crippen LogP contribution in [0.15, 0.2) is 24.3 Å². The standard InChI is InChI=1S/C5H5.C3H8O.5CH3.Ti/c1-2-4-5-3-1;1-3(2)4;;;;;;/h1-5H;3-4H,1-2H3;5*1H3;. The van der Waals surface area contributed by atoms with Gasteiger partial charge in [0.15, 0.2) is 0 Å². The van der Waals surface area contributed by atoms with E-state index in [9.17, 15) is 0 Å². The van der Waals surface area contributed by atoms with E-state index in [1.807, 2.05) is 0 Å². The van der Waals surface area contributed by atoms with Crippen LogP contribution in [0.2, 0.25) is 30.4 Å². The van der Waals surface area contributed by atoms with Crippen molar-refractivity contribution in [2.75, 3.05) is 0 Å². The summed E-state index contributed by atoms with van der Waals surface area (Å²) in [7, 11) is 0. The molecule has 0 aromatic carbocycles. The van der Waals surface area contributed by atoms with Crippen molar-refractivity contribution in [3.05, 3.63) is 24.3 Å². The van der Waals surface area contributed by atoms with Crippen LogP contribution in [0.25, 0.3) is 0 Å². The monoisotopic (exact) mass is 248 g/mol. The van der Waals surface area contributed by atoms with Gasteiger partial charge in [-0.25, -0.2) is 0 Å². The second-order valence-electron chi connectivity index (χ2n) is 8.83. The maximum absolute atomic E-state index is 8.06. The molecule has 0 heterocycles. The molecule has 0 bridgehead atoms. The molecular formula is C13H28OTi. The van der Waals surface area contributed by atoms with Gasteiger partial charge in [0.25, 0.3) is 0 Å². The summed E-state index contributed by atoms with van der Waals surface area (Å²) in [6, 6.07) is 0. The molecule has 0 aliphatic heterocycles. The van der Waals surface area contributed by atoms with Crippen molar-refractivity contribution >= 4 is 0 Å². The summed E-state index contributed by atoms with van der Waals surface area (Å²) in [5, 5.41) is 20.5. The van der Waals surface area contributed by atoms with E-state index in [1.165, 1.54) is 0 Å². The van der Waals surface area contributed by atoms with Gasteiger partial charge in [0.2, 0.25) is 0 Å². The Hall–Kier alpha value is 0.154. The Morgan fingerprint density at radius 1 is 0.933 bits per heavy atom. The van der Waals surface area contributed by atoms with Gasteiger partial charge in [0.1, 0.15) is 0 Å². The van der Waals surface area contributed by atoms with Crippen molar-refractivity contribution in [2.45, 2.75) is 50.3 Å². The average molecular weight is 248 g/mol. The first kappa shape index (κ1) is 15.2. The third kappa shape index (κ3) is 7.11. The predicted octanol–water partition coefficient (Wildman–Crippen LogP) is 4.75. The Bertz CT molecular complexity index is 248. The molecule has 2 heteroatoms. The Labute approximate surface area is 93.7 Å². The van der Waals surface area contributed by atoms with Gasteiger partial charge in [-0.1, -0.05) is 0 Å². The fourth-order valence-corrected chi connectivity index (χ4v) is 4.75. The molecule has 0 spiro atoms. The Kier molecular flexibility index (Phi) is 3.91. The molecule has 0 amide bonds. The van der Waals surface area contributed by atoms with Crippen LogP contribution in [0.1, 0.15) is 13.8 Å². The second-order valence-corrected chi connectivity index (χ2v) is 30.0. The van der Waals surface area contributed by atoms with Crippen LogP contribution >= 0.6 is 0 Å². The van der Waals surface area contributed by atoms with E-state index in [0.29, 0.717) is 0 Å². The van der Waals surface area contributed by atoms with Crippen molar-refractivity contribution in [3.8, 4) is 0 Å². The molecule has 90 valence electrons. The quantitative estimate of drug-likeness (QED) is 0.663. The molecule has 1 nitrogen and oxygen atoms in total. The number of allylic oxidation sites excluding steroid dienone is 4. The van der Waals surface area contributed by atoms with Crippen molar-refractivity contribution in [1.29, 1.82) is 0 Å². The summed E-state index contributed by atoms with van der Waals surface area (Å²) in [5.74, 6) is 0. The molecule has 0 unspecified atom stereocenters. The van der Waals surface area contributed by atoms with Gasteiger partial charge in [-0.15, -0.1) is 0 Å². The van der Waals surface area contributed by atoms with Gasteiger partial charge in [-0.05, 0) is 13.8 Å². The molecule has 1 rings (SSSR count). The summed E-state index contributed by atoms with van der Waals surface area (Å²) in [4.78, 5) is 0. The minimum absolute atomic E-state index is 0.167. The number of hydrogen-bond acceptors (Lipinski definition) is 1. The Balaban J connectivity index is 0.000000423. The summed E-state index contributed by atoms with van der Waals surface area (Å²) in [6.07, 6.45) is 8.89. The van der Waals surface area contributed by atoms with Crippen LogP contribution in [0.3, 0.4) is 0 Å². The van der Waals surface area contributed by atoms with Gasteiger partial charge < -0.3 is 5.11 Å². The third-order valence-corrected chi connectivity index (χ3v) is 8.22.